The first-order chi connectivity index (χ1) is 11.9. The molecule has 0 aliphatic carbocycles. The van der Waals surface area contributed by atoms with Gasteiger partial charge in [-0.1, -0.05) is 26.0 Å². The average molecular weight is 345 g/mol. The number of hydrogen-bond acceptors (Lipinski definition) is 6. The Labute approximate surface area is 144 Å². The molecule has 1 aromatic rings. The minimum absolute atomic E-state index is 0.0393. The van der Waals surface area contributed by atoms with E-state index in [9.17, 15) is 19.2 Å². The van der Waals surface area contributed by atoms with Crippen molar-refractivity contribution in [1.29, 1.82) is 0 Å². The number of nitrogens with zero attached hydrogens (tertiary/aromatic N) is 1. The number of fused-ring (bicyclic) bond motifs is 1. The monoisotopic (exact) mass is 345 g/mol. The molecule has 0 spiro atoms. The summed E-state index contributed by atoms with van der Waals surface area (Å²) in [6.07, 6.45) is -0.440. The highest BCUT2D eigenvalue weighted by Gasteiger charge is 2.44. The molecule has 25 heavy (non-hydrogen) atoms. The molecule has 0 radical (unpaired) electrons. The predicted molar refractivity (Wildman–Crippen MR) is 85.6 cm³/mol. The topological polar surface area (TPSA) is 90.0 Å². The molecule has 0 N–H and O–H groups in total. The van der Waals surface area contributed by atoms with Crippen LogP contribution in [0.2, 0.25) is 0 Å². The molecule has 0 bridgehead atoms. The van der Waals surface area contributed by atoms with Crippen LogP contribution in [0, 0.1) is 5.92 Å². The molecule has 1 aromatic carbocycles. The molecule has 2 heterocycles. The first-order valence-corrected chi connectivity index (χ1v) is 8.24. The Morgan fingerprint density at radius 3 is 2.28 bits per heavy atom. The van der Waals surface area contributed by atoms with Gasteiger partial charge in [0.05, 0.1) is 17.7 Å². The van der Waals surface area contributed by atoms with Crippen molar-refractivity contribution in [2.45, 2.75) is 38.8 Å². The predicted octanol–water partition coefficient (Wildman–Crippen LogP) is 1.56. The van der Waals surface area contributed by atoms with Gasteiger partial charge in [0.1, 0.15) is 6.04 Å². The number of cyclic esters (lactones) is 1. The molecule has 2 aliphatic rings. The van der Waals surface area contributed by atoms with E-state index in [0.29, 0.717) is 0 Å². The van der Waals surface area contributed by atoms with Gasteiger partial charge in [0, 0.05) is 6.42 Å². The smallest absolute Gasteiger partial charge is 0.347 e. The Hall–Kier alpha value is -2.70. The number of imide groups is 1. The van der Waals surface area contributed by atoms with Crippen LogP contribution in [-0.2, 0) is 19.1 Å². The fourth-order valence-corrected chi connectivity index (χ4v) is 3.05. The van der Waals surface area contributed by atoms with E-state index in [4.69, 9.17) is 9.47 Å². The van der Waals surface area contributed by atoms with Gasteiger partial charge < -0.3 is 9.47 Å². The van der Waals surface area contributed by atoms with Gasteiger partial charge in [-0.15, -0.1) is 0 Å². The normalized spacial score (nSPS) is 20.7. The van der Waals surface area contributed by atoms with Gasteiger partial charge in [0.2, 0.25) is 6.10 Å². The Balaban J connectivity index is 1.86. The van der Waals surface area contributed by atoms with E-state index in [-0.39, 0.29) is 36.5 Å². The van der Waals surface area contributed by atoms with Crippen molar-refractivity contribution in [1.82, 2.24) is 4.90 Å². The lowest BCUT2D eigenvalue weighted by Gasteiger charge is -2.26. The summed E-state index contributed by atoms with van der Waals surface area (Å²) in [7, 11) is 0. The van der Waals surface area contributed by atoms with E-state index in [2.05, 4.69) is 0 Å². The maximum absolute atomic E-state index is 12.6. The van der Waals surface area contributed by atoms with Gasteiger partial charge in [0.25, 0.3) is 11.8 Å². The Kier molecular flexibility index (Phi) is 4.57. The standard InChI is InChI=1S/C18H19NO6/c1-10(2)9-13(17(22)25-14-7-8-24-18(14)23)19-15(20)11-5-3-4-6-12(11)16(19)21/h3-6,10,13-14H,7-9H2,1-2H3/t13-,14-/m0/s1. The fourth-order valence-electron chi connectivity index (χ4n) is 3.05. The number of carbonyl (C=O) groups excluding carboxylic acids is 4. The van der Waals surface area contributed by atoms with Crippen molar-refractivity contribution in [3.63, 3.8) is 0 Å². The van der Waals surface area contributed by atoms with Crippen LogP contribution in [0.3, 0.4) is 0 Å². The summed E-state index contributed by atoms with van der Waals surface area (Å²) in [5, 5.41) is 0. The SMILES string of the molecule is CC(C)C[C@@H](C(=O)O[C@H]1CCOC1=O)N1C(=O)c2ccccc2C1=O. The van der Waals surface area contributed by atoms with E-state index in [1.807, 2.05) is 13.8 Å². The molecule has 1 saturated heterocycles. The highest BCUT2D eigenvalue weighted by Crippen LogP contribution is 2.28. The zero-order valence-corrected chi connectivity index (χ0v) is 14.1. The average Bonchev–Trinajstić information content (AvgIpc) is 3.08. The summed E-state index contributed by atoms with van der Waals surface area (Å²) in [4.78, 5) is 50.4. The summed E-state index contributed by atoms with van der Waals surface area (Å²) in [6.45, 7) is 3.95. The molecule has 2 atom stereocenters. The Bertz CT molecular complexity index is 706. The third-order valence-corrected chi connectivity index (χ3v) is 4.25. The van der Waals surface area contributed by atoms with E-state index >= 15 is 0 Å². The molecular weight excluding hydrogens is 326 g/mol. The van der Waals surface area contributed by atoms with Crippen molar-refractivity contribution >= 4 is 23.8 Å². The minimum atomic E-state index is -1.07. The number of rotatable bonds is 5. The molecule has 7 heteroatoms. The van der Waals surface area contributed by atoms with Crippen molar-refractivity contribution in [2.75, 3.05) is 6.61 Å². The second kappa shape index (κ2) is 6.66. The Morgan fingerprint density at radius 1 is 1.20 bits per heavy atom. The van der Waals surface area contributed by atoms with Gasteiger partial charge >= 0.3 is 11.9 Å². The van der Waals surface area contributed by atoms with Crippen LogP contribution in [0.15, 0.2) is 24.3 Å². The lowest BCUT2D eigenvalue weighted by atomic mass is 10.0. The second-order valence-corrected chi connectivity index (χ2v) is 6.55. The van der Waals surface area contributed by atoms with Gasteiger partial charge in [-0.3, -0.25) is 14.5 Å². The van der Waals surface area contributed by atoms with Crippen LogP contribution >= 0.6 is 0 Å². The summed E-state index contributed by atoms with van der Waals surface area (Å²) in [5.41, 5.74) is 0.545. The third-order valence-electron chi connectivity index (χ3n) is 4.25. The molecule has 1 fully saturated rings. The minimum Gasteiger partial charge on any atom is -0.463 e. The van der Waals surface area contributed by atoms with Crippen LogP contribution in [0.4, 0.5) is 0 Å². The fraction of sp³-hybridized carbons (Fsp3) is 0.444. The lowest BCUT2D eigenvalue weighted by Crippen LogP contribution is -2.47. The maximum Gasteiger partial charge on any atom is 0.347 e. The molecular formula is C18H19NO6. The van der Waals surface area contributed by atoms with Crippen LogP contribution in [-0.4, -0.2) is 47.4 Å². The largest absolute Gasteiger partial charge is 0.463 e. The van der Waals surface area contributed by atoms with Crippen LogP contribution in [0.25, 0.3) is 0 Å². The Morgan fingerprint density at radius 2 is 1.80 bits per heavy atom. The summed E-state index contributed by atoms with van der Waals surface area (Å²) >= 11 is 0. The highest BCUT2D eigenvalue weighted by molar-refractivity contribution is 6.22. The lowest BCUT2D eigenvalue weighted by molar-refractivity contribution is -0.163. The first-order valence-electron chi connectivity index (χ1n) is 8.24. The molecule has 7 nitrogen and oxygen atoms in total. The number of carbonyl (C=O) groups is 4. The van der Waals surface area contributed by atoms with Crippen molar-refractivity contribution in [3.8, 4) is 0 Å². The van der Waals surface area contributed by atoms with Crippen LogP contribution in [0.1, 0.15) is 47.4 Å². The molecule has 0 aromatic heterocycles. The number of hydrogen-bond donors (Lipinski definition) is 0. The van der Waals surface area contributed by atoms with Gasteiger partial charge in [-0.05, 0) is 24.5 Å². The van der Waals surface area contributed by atoms with Gasteiger partial charge in [-0.25, -0.2) is 9.59 Å². The molecule has 0 saturated carbocycles. The molecule has 3 rings (SSSR count). The third kappa shape index (κ3) is 3.14. The molecule has 2 amide bonds. The van der Waals surface area contributed by atoms with Crippen LogP contribution < -0.4 is 0 Å². The van der Waals surface area contributed by atoms with Crippen molar-refractivity contribution in [2.24, 2.45) is 5.92 Å². The number of esters is 2. The van der Waals surface area contributed by atoms with Crippen molar-refractivity contribution in [3.05, 3.63) is 35.4 Å². The maximum atomic E-state index is 12.6. The molecule has 0 unspecified atom stereocenters. The van der Waals surface area contributed by atoms with Gasteiger partial charge in [-0.2, -0.15) is 0 Å². The molecule has 2 aliphatic heterocycles. The van der Waals surface area contributed by atoms with E-state index in [0.717, 1.165) is 4.90 Å². The van der Waals surface area contributed by atoms with Crippen LogP contribution in [0.5, 0.6) is 0 Å². The highest BCUT2D eigenvalue weighted by atomic mass is 16.6. The first kappa shape index (κ1) is 17.1. The van der Waals surface area contributed by atoms with E-state index in [1.165, 1.54) is 0 Å². The van der Waals surface area contributed by atoms with E-state index < -0.39 is 35.9 Å². The van der Waals surface area contributed by atoms with Gasteiger partial charge in [0.15, 0.2) is 0 Å². The second-order valence-electron chi connectivity index (χ2n) is 6.55. The number of ether oxygens (including phenoxy) is 2. The zero-order valence-electron chi connectivity index (χ0n) is 14.1. The quantitative estimate of drug-likeness (QED) is 0.594. The zero-order chi connectivity index (χ0) is 18.1. The van der Waals surface area contributed by atoms with E-state index in [1.54, 1.807) is 24.3 Å². The molecule has 132 valence electrons. The summed E-state index contributed by atoms with van der Waals surface area (Å²) in [6, 6.07) is 5.37. The summed E-state index contributed by atoms with van der Waals surface area (Å²) in [5.74, 6) is -2.35. The number of amides is 2. The van der Waals surface area contributed by atoms with Crippen molar-refractivity contribution < 1.29 is 28.7 Å². The summed E-state index contributed by atoms with van der Waals surface area (Å²) < 4.78 is 10.0. The number of benzene rings is 1.